The van der Waals surface area contributed by atoms with Crippen LogP contribution in [0.25, 0.3) is 11.0 Å². The lowest BCUT2D eigenvalue weighted by Gasteiger charge is -2.30. The number of nitrogens with one attached hydrogen (secondary N) is 1. The van der Waals surface area contributed by atoms with Gasteiger partial charge in [-0.2, -0.15) is 0 Å². The van der Waals surface area contributed by atoms with E-state index in [0.717, 1.165) is 31.9 Å². The fourth-order valence-corrected chi connectivity index (χ4v) is 4.54. The Morgan fingerprint density at radius 2 is 1.88 bits per heavy atom. The van der Waals surface area contributed by atoms with Crippen LogP contribution in [0, 0.1) is 0 Å². The molecule has 0 amide bonds. The number of hydrogen-bond donors (Lipinski definition) is 1. The summed E-state index contributed by atoms with van der Waals surface area (Å²) < 4.78 is 33.1. The molecule has 3 aromatic rings. The van der Waals surface area contributed by atoms with Gasteiger partial charge in [-0.05, 0) is 30.3 Å². The number of para-hydroxylation sites is 2. The van der Waals surface area contributed by atoms with Crippen molar-refractivity contribution in [1.29, 1.82) is 0 Å². The Morgan fingerprint density at radius 3 is 2.65 bits per heavy atom. The minimum atomic E-state index is -3.75. The number of hydrogen-bond acceptors (Lipinski definition) is 6. The van der Waals surface area contributed by atoms with Crippen LogP contribution in [-0.2, 0) is 10.0 Å². The second-order valence-corrected chi connectivity index (χ2v) is 7.92. The highest BCUT2D eigenvalue weighted by atomic mass is 32.2. The third-order valence-electron chi connectivity index (χ3n) is 4.59. The Balaban J connectivity index is 1.81. The van der Waals surface area contributed by atoms with E-state index in [4.69, 9.17) is 4.74 Å². The molecule has 1 saturated heterocycles. The maximum Gasteiger partial charge on any atom is 0.269 e. The molecule has 1 fully saturated rings. The van der Waals surface area contributed by atoms with Crippen molar-refractivity contribution >= 4 is 26.7 Å². The number of methoxy groups -OCH3 is 1. The summed E-state index contributed by atoms with van der Waals surface area (Å²) in [6, 6.07) is 12.2. The Bertz CT molecular complexity index is 1040. The molecule has 1 aliphatic heterocycles. The van der Waals surface area contributed by atoms with Crippen molar-refractivity contribution in [3.05, 3.63) is 48.8 Å². The zero-order valence-electron chi connectivity index (χ0n) is 14.4. The van der Waals surface area contributed by atoms with Gasteiger partial charge in [0, 0.05) is 26.2 Å². The van der Waals surface area contributed by atoms with Crippen LogP contribution in [0.4, 0.5) is 5.69 Å². The highest BCUT2D eigenvalue weighted by Gasteiger charge is 2.23. The lowest BCUT2D eigenvalue weighted by molar-refractivity contribution is 0.412. The van der Waals surface area contributed by atoms with Gasteiger partial charge in [0.2, 0.25) is 0 Å². The van der Waals surface area contributed by atoms with Gasteiger partial charge in [0.25, 0.3) is 10.0 Å². The summed E-state index contributed by atoms with van der Waals surface area (Å²) in [5.41, 5.74) is 2.00. The van der Waals surface area contributed by atoms with Crippen LogP contribution >= 0.6 is 0 Å². The zero-order valence-corrected chi connectivity index (χ0v) is 15.2. The molecule has 0 atom stereocenters. The van der Waals surface area contributed by atoms with E-state index >= 15 is 0 Å². The van der Waals surface area contributed by atoms with Crippen molar-refractivity contribution in [2.24, 2.45) is 0 Å². The fraction of sp³-hybridized carbons (Fsp3) is 0.278. The molecule has 26 heavy (non-hydrogen) atoms. The second kappa shape index (κ2) is 6.62. The summed E-state index contributed by atoms with van der Waals surface area (Å²) >= 11 is 0. The van der Waals surface area contributed by atoms with Gasteiger partial charge in [0.15, 0.2) is 0 Å². The maximum absolute atomic E-state index is 13.2. The lowest BCUT2D eigenvalue weighted by atomic mass is 10.2. The van der Waals surface area contributed by atoms with Gasteiger partial charge < -0.3 is 15.0 Å². The van der Waals surface area contributed by atoms with E-state index in [0.29, 0.717) is 16.8 Å². The first-order valence-electron chi connectivity index (χ1n) is 8.42. The van der Waals surface area contributed by atoms with E-state index in [2.05, 4.69) is 15.2 Å². The molecular formula is C18H20N4O3S. The van der Waals surface area contributed by atoms with Crippen LogP contribution in [0.1, 0.15) is 0 Å². The standard InChI is InChI=1S/C18H20N4O3S/c1-25-18-7-6-14(12-17(18)21-10-8-19-9-11-21)26(23,24)22-13-20-15-4-2-3-5-16(15)22/h2-7,12-13,19H,8-11H2,1H3. The monoisotopic (exact) mass is 372 g/mol. The van der Waals surface area contributed by atoms with Crippen LogP contribution < -0.4 is 15.0 Å². The summed E-state index contributed by atoms with van der Waals surface area (Å²) in [4.78, 5) is 6.55. The minimum Gasteiger partial charge on any atom is -0.495 e. The molecule has 4 rings (SSSR count). The number of benzene rings is 2. The van der Waals surface area contributed by atoms with E-state index < -0.39 is 10.0 Å². The van der Waals surface area contributed by atoms with Crippen molar-refractivity contribution in [1.82, 2.24) is 14.3 Å². The molecule has 1 aromatic heterocycles. The number of aromatic nitrogens is 2. The average Bonchev–Trinajstić information content (AvgIpc) is 3.13. The molecular weight excluding hydrogens is 352 g/mol. The Hall–Kier alpha value is -2.58. The van der Waals surface area contributed by atoms with Crippen molar-refractivity contribution in [3.8, 4) is 5.75 Å². The first kappa shape index (κ1) is 16.9. The topological polar surface area (TPSA) is 76.5 Å². The second-order valence-electron chi connectivity index (χ2n) is 6.10. The molecule has 2 heterocycles. The molecule has 1 aliphatic rings. The van der Waals surface area contributed by atoms with Crippen LogP contribution in [0.15, 0.2) is 53.7 Å². The van der Waals surface area contributed by atoms with E-state index in [9.17, 15) is 8.42 Å². The van der Waals surface area contributed by atoms with Crippen LogP contribution in [-0.4, -0.2) is 50.7 Å². The molecule has 0 saturated carbocycles. The highest BCUT2D eigenvalue weighted by molar-refractivity contribution is 7.90. The lowest BCUT2D eigenvalue weighted by Crippen LogP contribution is -2.43. The zero-order chi connectivity index (χ0) is 18.1. The first-order chi connectivity index (χ1) is 12.6. The Kier molecular flexibility index (Phi) is 4.29. The summed E-state index contributed by atoms with van der Waals surface area (Å²) in [5.74, 6) is 0.668. The van der Waals surface area contributed by atoms with E-state index in [1.54, 1.807) is 43.5 Å². The van der Waals surface area contributed by atoms with Gasteiger partial charge in [-0.15, -0.1) is 0 Å². The SMILES string of the molecule is COc1ccc(S(=O)(=O)n2cnc3ccccc32)cc1N1CCNCC1. The number of nitrogens with zero attached hydrogens (tertiary/aromatic N) is 3. The highest BCUT2D eigenvalue weighted by Crippen LogP contribution is 2.32. The number of piperazine rings is 1. The van der Waals surface area contributed by atoms with Crippen molar-refractivity contribution in [3.63, 3.8) is 0 Å². The number of fused-ring (bicyclic) bond motifs is 1. The fourth-order valence-electron chi connectivity index (χ4n) is 3.22. The molecule has 136 valence electrons. The molecule has 0 radical (unpaired) electrons. The summed E-state index contributed by atoms with van der Waals surface area (Å²) in [6.45, 7) is 3.31. The molecule has 1 N–H and O–H groups in total. The normalized spacial score (nSPS) is 15.3. The molecule has 7 nitrogen and oxygen atoms in total. The molecule has 0 spiro atoms. The van der Waals surface area contributed by atoms with Crippen molar-refractivity contribution in [2.45, 2.75) is 4.90 Å². The smallest absolute Gasteiger partial charge is 0.269 e. The number of anilines is 1. The van der Waals surface area contributed by atoms with Crippen LogP contribution in [0.3, 0.4) is 0 Å². The van der Waals surface area contributed by atoms with Gasteiger partial charge in [-0.3, -0.25) is 0 Å². The van der Waals surface area contributed by atoms with Crippen LogP contribution in [0.5, 0.6) is 5.75 Å². The summed E-state index contributed by atoms with van der Waals surface area (Å²) in [6.07, 6.45) is 1.36. The average molecular weight is 372 g/mol. The predicted octanol–water partition coefficient (Wildman–Crippen LogP) is 1.69. The number of imidazole rings is 1. The van der Waals surface area contributed by atoms with Crippen molar-refractivity contribution < 1.29 is 13.2 Å². The molecule has 0 unspecified atom stereocenters. The summed E-state index contributed by atoms with van der Waals surface area (Å²) in [7, 11) is -2.16. The van der Waals surface area contributed by atoms with E-state index in [-0.39, 0.29) is 4.90 Å². The van der Waals surface area contributed by atoms with E-state index in [1.165, 1.54) is 10.3 Å². The largest absolute Gasteiger partial charge is 0.495 e. The minimum absolute atomic E-state index is 0.218. The van der Waals surface area contributed by atoms with Gasteiger partial charge in [0.1, 0.15) is 12.1 Å². The number of ether oxygens (including phenoxy) is 1. The van der Waals surface area contributed by atoms with Crippen LogP contribution in [0.2, 0.25) is 0 Å². The third-order valence-corrected chi connectivity index (χ3v) is 6.24. The Labute approximate surface area is 152 Å². The maximum atomic E-state index is 13.2. The number of rotatable bonds is 4. The predicted molar refractivity (Wildman–Crippen MR) is 100 cm³/mol. The quantitative estimate of drug-likeness (QED) is 0.751. The van der Waals surface area contributed by atoms with Gasteiger partial charge >= 0.3 is 0 Å². The Morgan fingerprint density at radius 1 is 1.12 bits per heavy atom. The van der Waals surface area contributed by atoms with E-state index in [1.807, 2.05) is 6.07 Å². The summed E-state index contributed by atoms with van der Waals surface area (Å²) in [5, 5.41) is 3.30. The molecule has 2 aromatic carbocycles. The van der Waals surface area contributed by atoms with Gasteiger partial charge in [-0.25, -0.2) is 17.4 Å². The third kappa shape index (κ3) is 2.81. The molecule has 8 heteroatoms. The molecule has 0 aliphatic carbocycles. The molecule has 0 bridgehead atoms. The van der Waals surface area contributed by atoms with Gasteiger partial charge in [-0.1, -0.05) is 12.1 Å². The van der Waals surface area contributed by atoms with Gasteiger partial charge in [0.05, 0.1) is 28.7 Å². The first-order valence-corrected chi connectivity index (χ1v) is 9.86. The van der Waals surface area contributed by atoms with Crippen molar-refractivity contribution in [2.75, 3.05) is 38.2 Å².